The van der Waals surface area contributed by atoms with Crippen LogP contribution in [-0.4, -0.2) is 70.9 Å². The molecule has 0 bridgehead atoms. The third-order valence-electron chi connectivity index (χ3n) is 5.03. The Labute approximate surface area is 175 Å². The Balaban J connectivity index is 1.54. The van der Waals surface area contributed by atoms with Gasteiger partial charge in [-0.05, 0) is 24.1 Å². The molecule has 0 aliphatic carbocycles. The van der Waals surface area contributed by atoms with Gasteiger partial charge in [-0.15, -0.1) is 0 Å². The molecule has 31 heavy (non-hydrogen) atoms. The van der Waals surface area contributed by atoms with Crippen molar-refractivity contribution in [1.29, 1.82) is 0 Å². The number of rotatable bonds is 6. The number of ether oxygens (including phenoxy) is 1. The van der Waals surface area contributed by atoms with Gasteiger partial charge in [-0.25, -0.2) is 19.7 Å². The van der Waals surface area contributed by atoms with Crippen LogP contribution in [0.5, 0.6) is 0 Å². The van der Waals surface area contributed by atoms with E-state index < -0.39 is 42.4 Å². The Morgan fingerprint density at radius 1 is 1.26 bits per heavy atom. The lowest BCUT2D eigenvalue weighted by atomic mass is 10.0. The molecular weight excluding hydrogens is 408 g/mol. The van der Waals surface area contributed by atoms with Crippen molar-refractivity contribution >= 4 is 28.9 Å². The number of fused-ring (bicyclic) bond motifs is 1. The molecule has 7 N–H and O–H groups in total. The number of anilines is 1. The Morgan fingerprint density at radius 2 is 2.00 bits per heavy atom. The predicted molar refractivity (Wildman–Crippen MR) is 105 cm³/mol. The van der Waals surface area contributed by atoms with Crippen molar-refractivity contribution in [2.24, 2.45) is 5.73 Å². The maximum atomic E-state index is 12.6. The van der Waals surface area contributed by atoms with Crippen LogP contribution in [0.15, 0.2) is 37.2 Å². The molecule has 1 aliphatic rings. The van der Waals surface area contributed by atoms with Gasteiger partial charge in [-0.2, -0.15) is 0 Å². The van der Waals surface area contributed by atoms with Crippen molar-refractivity contribution in [3.8, 4) is 0 Å². The summed E-state index contributed by atoms with van der Waals surface area (Å²) in [7, 11) is 0. The highest BCUT2D eigenvalue weighted by atomic mass is 16.6. The SMILES string of the molecule is Nc1ncnc2c1ncn2C1OC(C(=O)O)C(NC(=O)C(N)Cc2ccncc2)C1O. The van der Waals surface area contributed by atoms with Crippen LogP contribution >= 0.6 is 0 Å². The van der Waals surface area contributed by atoms with E-state index in [0.29, 0.717) is 0 Å². The van der Waals surface area contributed by atoms with Crippen LogP contribution in [0.25, 0.3) is 11.2 Å². The Hall–Kier alpha value is -3.68. The number of aromatic nitrogens is 5. The second-order valence-corrected chi connectivity index (χ2v) is 7.06. The second kappa shape index (κ2) is 8.22. The molecule has 3 aromatic rings. The number of carboxylic acids is 1. The van der Waals surface area contributed by atoms with Crippen molar-refractivity contribution in [2.75, 3.05) is 5.73 Å². The topological polar surface area (TPSA) is 204 Å². The van der Waals surface area contributed by atoms with Gasteiger partial charge in [0.25, 0.3) is 0 Å². The van der Waals surface area contributed by atoms with Gasteiger partial charge in [0.05, 0.1) is 18.4 Å². The molecule has 1 saturated heterocycles. The van der Waals surface area contributed by atoms with E-state index in [4.69, 9.17) is 16.2 Å². The Kier molecular flexibility index (Phi) is 5.46. The monoisotopic (exact) mass is 428 g/mol. The summed E-state index contributed by atoms with van der Waals surface area (Å²) in [6.45, 7) is 0. The number of carbonyl (C=O) groups is 2. The third-order valence-corrected chi connectivity index (χ3v) is 5.03. The van der Waals surface area contributed by atoms with E-state index in [0.717, 1.165) is 5.56 Å². The number of amides is 1. The zero-order valence-corrected chi connectivity index (χ0v) is 16.1. The summed E-state index contributed by atoms with van der Waals surface area (Å²) in [5.41, 5.74) is 13.0. The van der Waals surface area contributed by atoms with Gasteiger partial charge in [0.1, 0.15) is 17.9 Å². The number of hydrogen-bond donors (Lipinski definition) is 5. The number of aliphatic hydroxyl groups excluding tert-OH is 1. The molecule has 4 rings (SSSR count). The smallest absolute Gasteiger partial charge is 0.335 e. The second-order valence-electron chi connectivity index (χ2n) is 7.06. The Morgan fingerprint density at radius 3 is 2.71 bits per heavy atom. The molecule has 0 spiro atoms. The Bertz CT molecular complexity index is 1110. The molecule has 0 radical (unpaired) electrons. The van der Waals surface area contributed by atoms with Crippen LogP contribution in [0.3, 0.4) is 0 Å². The lowest BCUT2D eigenvalue weighted by molar-refractivity contribution is -0.152. The number of nitrogens with zero attached hydrogens (tertiary/aromatic N) is 5. The third kappa shape index (κ3) is 3.88. The number of nitrogen functional groups attached to an aromatic ring is 1. The summed E-state index contributed by atoms with van der Waals surface area (Å²) < 4.78 is 6.89. The number of imidazole rings is 1. The molecule has 4 heterocycles. The number of nitrogens with one attached hydrogen (secondary N) is 1. The number of carbonyl (C=O) groups excluding carboxylic acids is 1. The van der Waals surface area contributed by atoms with Crippen LogP contribution in [0.2, 0.25) is 0 Å². The van der Waals surface area contributed by atoms with E-state index in [1.807, 2.05) is 0 Å². The van der Waals surface area contributed by atoms with E-state index in [9.17, 15) is 19.8 Å². The molecule has 0 saturated carbocycles. The van der Waals surface area contributed by atoms with Crippen molar-refractivity contribution in [2.45, 2.75) is 36.9 Å². The summed E-state index contributed by atoms with van der Waals surface area (Å²) in [5, 5.41) is 22.9. The van der Waals surface area contributed by atoms with Gasteiger partial charge in [0.15, 0.2) is 23.8 Å². The van der Waals surface area contributed by atoms with Gasteiger partial charge in [0, 0.05) is 12.4 Å². The number of pyridine rings is 1. The summed E-state index contributed by atoms with van der Waals surface area (Å²) >= 11 is 0. The maximum absolute atomic E-state index is 12.6. The minimum absolute atomic E-state index is 0.123. The van der Waals surface area contributed by atoms with Gasteiger partial charge in [0.2, 0.25) is 5.91 Å². The van der Waals surface area contributed by atoms with Crippen molar-refractivity contribution in [1.82, 2.24) is 29.8 Å². The zero-order chi connectivity index (χ0) is 22.1. The van der Waals surface area contributed by atoms with Crippen molar-refractivity contribution in [3.05, 3.63) is 42.7 Å². The number of carboxylic acid groups (broad SMARTS) is 1. The fourth-order valence-corrected chi connectivity index (χ4v) is 3.47. The first-order chi connectivity index (χ1) is 14.9. The highest BCUT2D eigenvalue weighted by Gasteiger charge is 2.49. The fourth-order valence-electron chi connectivity index (χ4n) is 3.47. The molecule has 1 aliphatic heterocycles. The largest absolute Gasteiger partial charge is 0.479 e. The van der Waals surface area contributed by atoms with E-state index in [-0.39, 0.29) is 23.4 Å². The van der Waals surface area contributed by atoms with Gasteiger partial charge in [-0.3, -0.25) is 14.3 Å². The van der Waals surface area contributed by atoms with E-state index in [1.165, 1.54) is 17.2 Å². The first kappa shape index (κ1) is 20.6. The van der Waals surface area contributed by atoms with Crippen LogP contribution in [0.1, 0.15) is 11.8 Å². The number of nitrogens with two attached hydrogens (primary N) is 2. The maximum Gasteiger partial charge on any atom is 0.335 e. The zero-order valence-electron chi connectivity index (χ0n) is 16.1. The summed E-state index contributed by atoms with van der Waals surface area (Å²) in [6.07, 6.45) is 1.76. The molecule has 5 atom stereocenters. The average Bonchev–Trinajstić information content (AvgIpc) is 3.31. The van der Waals surface area contributed by atoms with Gasteiger partial charge in [-0.1, -0.05) is 0 Å². The van der Waals surface area contributed by atoms with Crippen LogP contribution < -0.4 is 16.8 Å². The molecule has 13 heteroatoms. The minimum Gasteiger partial charge on any atom is -0.479 e. The molecule has 1 fully saturated rings. The fraction of sp³-hybridized carbons (Fsp3) is 0.333. The van der Waals surface area contributed by atoms with Gasteiger partial charge >= 0.3 is 5.97 Å². The lowest BCUT2D eigenvalue weighted by Gasteiger charge is -2.22. The molecule has 5 unspecified atom stereocenters. The molecule has 1 amide bonds. The summed E-state index contributed by atoms with van der Waals surface area (Å²) in [5.74, 6) is -1.86. The van der Waals surface area contributed by atoms with Crippen LogP contribution in [0.4, 0.5) is 5.82 Å². The van der Waals surface area contributed by atoms with E-state index >= 15 is 0 Å². The van der Waals surface area contributed by atoms with E-state index in [1.54, 1.807) is 24.5 Å². The molecular formula is C18H20N8O5. The molecule has 13 nitrogen and oxygen atoms in total. The normalized spacial score (nSPS) is 24.2. The standard InChI is InChI=1S/C18H20N8O5/c19-9(5-8-1-3-21-4-2-8)16(28)25-10-12(27)17(31-13(10)18(29)30)26-7-24-11-14(20)22-6-23-15(11)26/h1-4,6-7,9-10,12-13,17,27H,5,19H2,(H,25,28)(H,29,30)(H2,20,22,23). The quantitative estimate of drug-likeness (QED) is 0.296. The first-order valence-electron chi connectivity index (χ1n) is 9.31. The highest BCUT2D eigenvalue weighted by Crippen LogP contribution is 2.32. The van der Waals surface area contributed by atoms with Gasteiger partial charge < -0.3 is 31.7 Å². The minimum atomic E-state index is -1.52. The summed E-state index contributed by atoms with van der Waals surface area (Å²) in [4.78, 5) is 40.2. The number of aliphatic carboxylic acids is 1. The molecule has 3 aromatic heterocycles. The lowest BCUT2D eigenvalue weighted by Crippen LogP contribution is -2.54. The van der Waals surface area contributed by atoms with Crippen LogP contribution in [-0.2, 0) is 20.7 Å². The first-order valence-corrected chi connectivity index (χ1v) is 9.31. The molecule has 162 valence electrons. The van der Waals surface area contributed by atoms with Crippen molar-refractivity contribution < 1.29 is 24.5 Å². The number of aliphatic hydroxyl groups is 1. The summed E-state index contributed by atoms with van der Waals surface area (Å²) in [6, 6.07) is 1.21. The van der Waals surface area contributed by atoms with Crippen molar-refractivity contribution in [3.63, 3.8) is 0 Å². The molecule has 0 aromatic carbocycles. The predicted octanol–water partition coefficient (Wildman–Crippen LogP) is -1.80. The highest BCUT2D eigenvalue weighted by molar-refractivity contribution is 5.84. The van der Waals surface area contributed by atoms with E-state index in [2.05, 4.69) is 25.3 Å². The average molecular weight is 428 g/mol. The van der Waals surface area contributed by atoms with Crippen LogP contribution in [0, 0.1) is 0 Å². The number of hydrogen-bond acceptors (Lipinski definition) is 10.